The van der Waals surface area contributed by atoms with Crippen LogP contribution < -0.4 is 15.7 Å². The first kappa shape index (κ1) is 38.5. The maximum absolute atomic E-state index is 15.8. The van der Waals surface area contributed by atoms with Gasteiger partial charge in [0.15, 0.2) is 0 Å². The fourth-order valence-corrected chi connectivity index (χ4v) is 6.65. The van der Waals surface area contributed by atoms with Crippen LogP contribution in [0.4, 0.5) is 27.6 Å². The minimum atomic E-state index is -4.91. The Morgan fingerprint density at radius 1 is 0.925 bits per heavy atom. The van der Waals surface area contributed by atoms with E-state index in [2.05, 4.69) is 10.4 Å². The largest absolute Gasteiger partial charge is 0.418 e. The molecule has 2 N–H and O–H groups in total. The maximum atomic E-state index is 15.8. The molecule has 0 spiro atoms. The number of aromatic nitrogens is 3. The van der Waals surface area contributed by atoms with Crippen molar-refractivity contribution in [2.24, 2.45) is 0 Å². The van der Waals surface area contributed by atoms with Crippen LogP contribution in [0.2, 0.25) is 0 Å². The van der Waals surface area contributed by atoms with E-state index in [-0.39, 0.29) is 41.2 Å². The van der Waals surface area contributed by atoms with Gasteiger partial charge in [-0.1, -0.05) is 55.8 Å². The number of nitrogens with zero attached hydrogens (tertiary/aromatic N) is 3. The molecule has 0 atom stereocenters. The lowest BCUT2D eigenvalue weighted by Crippen LogP contribution is -2.31. The summed E-state index contributed by atoms with van der Waals surface area (Å²) in [5, 5.41) is 6.61. The lowest BCUT2D eigenvalue weighted by molar-refractivity contribution is -0.137. The van der Waals surface area contributed by atoms with Gasteiger partial charge in [-0.3, -0.25) is 14.2 Å². The second-order valence-corrected chi connectivity index (χ2v) is 13.4. The van der Waals surface area contributed by atoms with E-state index in [4.69, 9.17) is 4.74 Å². The highest BCUT2D eigenvalue weighted by Crippen LogP contribution is 2.35. The SMILES string of the molecule is CCCCc1nn(-c2cc(NC(=O)COC)ccc2C(F)(F)F)c(=O)n1Cc1ccc(-c2ccccc2S(=O)(=O)NC(=O)c2ccccc2F)cc1F. The number of benzene rings is 4. The van der Waals surface area contributed by atoms with E-state index in [1.54, 1.807) is 0 Å². The zero-order valence-electron chi connectivity index (χ0n) is 28.2. The topological polar surface area (TPSA) is 141 Å². The molecule has 5 aromatic rings. The third-order valence-corrected chi connectivity index (χ3v) is 9.39. The Morgan fingerprint density at radius 2 is 1.64 bits per heavy atom. The third kappa shape index (κ3) is 8.69. The lowest BCUT2D eigenvalue weighted by atomic mass is 10.0. The highest BCUT2D eigenvalue weighted by atomic mass is 32.2. The molecule has 0 aliphatic rings. The number of unbranched alkanes of at least 4 members (excludes halogenated alkanes) is 1. The molecule has 0 bridgehead atoms. The summed E-state index contributed by atoms with van der Waals surface area (Å²) in [6.07, 6.45) is -3.62. The number of rotatable bonds is 13. The minimum absolute atomic E-state index is 0.00226. The molecular formula is C36H32F5N5O6S. The van der Waals surface area contributed by atoms with Crippen LogP contribution in [0.25, 0.3) is 16.8 Å². The molecule has 0 saturated carbocycles. The summed E-state index contributed by atoms with van der Waals surface area (Å²) in [6.45, 7) is 1.04. The number of sulfonamides is 1. The van der Waals surface area contributed by atoms with Crippen LogP contribution >= 0.6 is 0 Å². The quantitative estimate of drug-likeness (QED) is 0.139. The van der Waals surface area contributed by atoms with Crippen molar-refractivity contribution in [2.45, 2.75) is 43.8 Å². The summed E-state index contributed by atoms with van der Waals surface area (Å²) >= 11 is 0. The Balaban J connectivity index is 1.51. The molecule has 11 nitrogen and oxygen atoms in total. The second kappa shape index (κ2) is 15.9. The van der Waals surface area contributed by atoms with Crippen LogP contribution in [-0.2, 0) is 38.7 Å². The van der Waals surface area contributed by atoms with Crippen molar-refractivity contribution < 1.29 is 44.7 Å². The Bertz CT molecular complexity index is 2340. The van der Waals surface area contributed by atoms with Gasteiger partial charge in [0.25, 0.3) is 15.9 Å². The monoisotopic (exact) mass is 757 g/mol. The van der Waals surface area contributed by atoms with E-state index in [0.717, 1.165) is 34.9 Å². The average Bonchev–Trinajstić information content (AvgIpc) is 3.41. The van der Waals surface area contributed by atoms with E-state index < -0.39 is 73.6 Å². The van der Waals surface area contributed by atoms with Crippen molar-refractivity contribution in [1.82, 2.24) is 19.1 Å². The molecule has 0 aliphatic carbocycles. The van der Waals surface area contributed by atoms with Crippen molar-refractivity contribution in [2.75, 3.05) is 19.0 Å². The molecule has 17 heteroatoms. The number of anilines is 1. The molecular weight excluding hydrogens is 725 g/mol. The number of methoxy groups -OCH3 is 1. The molecule has 0 fully saturated rings. The summed E-state index contributed by atoms with van der Waals surface area (Å²) < 4.78 is 107. The number of halogens is 5. The standard InChI is InChI=1S/C36H32F5N5O6S/c1-3-4-13-32-43-46(30-19-24(42-33(47)21-52-2)16-17-27(30)36(39,40)41)35(49)45(32)20-23-15-14-22(18-29(23)38)25-9-6-8-12-31(25)53(50,51)44-34(48)26-10-5-7-11-28(26)37/h5-12,14-19H,3-4,13,20-21H2,1-2H3,(H,42,47)(H,44,48). The predicted molar refractivity (Wildman–Crippen MR) is 184 cm³/mol. The number of hydrogen-bond donors (Lipinski definition) is 2. The number of nitrogens with one attached hydrogen (secondary N) is 2. The Hall–Kier alpha value is -5.68. The zero-order chi connectivity index (χ0) is 38.5. The lowest BCUT2D eigenvalue weighted by Gasteiger charge is -2.14. The number of ether oxygens (including phenoxy) is 1. The summed E-state index contributed by atoms with van der Waals surface area (Å²) in [5.74, 6) is -3.61. The van der Waals surface area contributed by atoms with Gasteiger partial charge in [0, 0.05) is 30.3 Å². The van der Waals surface area contributed by atoms with Gasteiger partial charge in [0.1, 0.15) is 24.1 Å². The van der Waals surface area contributed by atoms with Crippen molar-refractivity contribution in [3.8, 4) is 16.8 Å². The van der Waals surface area contributed by atoms with Gasteiger partial charge in [0.2, 0.25) is 5.91 Å². The first-order valence-electron chi connectivity index (χ1n) is 16.0. The van der Waals surface area contributed by atoms with Gasteiger partial charge in [-0.25, -0.2) is 26.7 Å². The second-order valence-electron chi connectivity index (χ2n) is 11.7. The van der Waals surface area contributed by atoms with Gasteiger partial charge >= 0.3 is 11.9 Å². The first-order chi connectivity index (χ1) is 25.1. The molecule has 5 rings (SSSR count). The molecule has 0 radical (unpaired) electrons. The van der Waals surface area contributed by atoms with Gasteiger partial charge in [-0.15, -0.1) is 5.10 Å². The fourth-order valence-electron chi connectivity index (χ4n) is 5.46. The van der Waals surface area contributed by atoms with E-state index in [0.29, 0.717) is 23.6 Å². The molecule has 278 valence electrons. The number of amides is 2. The molecule has 4 aromatic carbocycles. The Labute approximate surface area is 300 Å². The number of hydrogen-bond acceptors (Lipinski definition) is 7. The van der Waals surface area contributed by atoms with Crippen LogP contribution in [0.5, 0.6) is 0 Å². The van der Waals surface area contributed by atoms with E-state index in [1.165, 1.54) is 55.6 Å². The zero-order valence-corrected chi connectivity index (χ0v) is 29.0. The smallest absolute Gasteiger partial charge is 0.375 e. The van der Waals surface area contributed by atoms with Crippen LogP contribution in [0.15, 0.2) is 94.6 Å². The summed E-state index contributed by atoms with van der Waals surface area (Å²) in [5.41, 5.74) is -3.43. The van der Waals surface area contributed by atoms with Crippen molar-refractivity contribution in [1.29, 1.82) is 0 Å². The number of aryl methyl sites for hydroxylation is 1. The van der Waals surface area contributed by atoms with Crippen molar-refractivity contribution in [3.05, 3.63) is 130 Å². The Morgan fingerprint density at radius 3 is 2.32 bits per heavy atom. The summed E-state index contributed by atoms with van der Waals surface area (Å²) in [4.78, 5) is 38.1. The minimum Gasteiger partial charge on any atom is -0.375 e. The summed E-state index contributed by atoms with van der Waals surface area (Å²) in [6, 6.07) is 16.6. The van der Waals surface area contributed by atoms with E-state index in [1.807, 2.05) is 11.6 Å². The van der Waals surface area contributed by atoms with Crippen molar-refractivity contribution >= 4 is 27.5 Å². The van der Waals surface area contributed by atoms with Crippen LogP contribution in [0.1, 0.15) is 47.1 Å². The fraction of sp³-hybridized carbons (Fsp3) is 0.222. The molecule has 1 aromatic heterocycles. The summed E-state index contributed by atoms with van der Waals surface area (Å²) in [7, 11) is -3.34. The molecule has 0 unspecified atom stereocenters. The number of carbonyl (C=O) groups is 2. The van der Waals surface area contributed by atoms with E-state index >= 15 is 4.39 Å². The maximum Gasteiger partial charge on any atom is 0.418 e. The van der Waals surface area contributed by atoms with Gasteiger partial charge in [-0.05, 0) is 54.4 Å². The normalized spacial score (nSPS) is 11.8. The first-order valence-corrected chi connectivity index (χ1v) is 17.5. The van der Waals surface area contributed by atoms with E-state index in [9.17, 15) is 40.4 Å². The van der Waals surface area contributed by atoms with Gasteiger partial charge in [-0.2, -0.15) is 17.9 Å². The van der Waals surface area contributed by atoms with Crippen LogP contribution in [0.3, 0.4) is 0 Å². The van der Waals surface area contributed by atoms with Gasteiger partial charge < -0.3 is 10.1 Å². The van der Waals surface area contributed by atoms with Crippen LogP contribution in [-0.4, -0.2) is 48.3 Å². The molecule has 0 aliphatic heterocycles. The highest BCUT2D eigenvalue weighted by molar-refractivity contribution is 7.90. The number of carbonyl (C=O) groups excluding carboxylic acids is 2. The molecule has 0 saturated heterocycles. The van der Waals surface area contributed by atoms with Gasteiger partial charge in [0.05, 0.1) is 28.3 Å². The highest BCUT2D eigenvalue weighted by Gasteiger charge is 2.35. The van der Waals surface area contributed by atoms with Crippen molar-refractivity contribution in [3.63, 3.8) is 0 Å². The predicted octanol–water partition coefficient (Wildman–Crippen LogP) is 6.09. The molecule has 53 heavy (non-hydrogen) atoms. The van der Waals surface area contributed by atoms with Crippen LogP contribution in [0, 0.1) is 11.6 Å². The third-order valence-electron chi connectivity index (χ3n) is 8.00. The average molecular weight is 758 g/mol. The Kier molecular flexibility index (Phi) is 11.6. The molecule has 1 heterocycles. The molecule has 2 amide bonds. The number of alkyl halides is 3.